The van der Waals surface area contributed by atoms with Gasteiger partial charge in [-0.3, -0.25) is 0 Å². The third-order valence-electron chi connectivity index (χ3n) is 3.80. The van der Waals surface area contributed by atoms with Crippen molar-refractivity contribution in [3.8, 4) is 11.5 Å². The number of hydrogen-bond donors (Lipinski definition) is 0. The zero-order chi connectivity index (χ0) is 12.4. The van der Waals surface area contributed by atoms with Crippen LogP contribution in [0.2, 0.25) is 0 Å². The molecule has 0 radical (unpaired) electrons. The predicted octanol–water partition coefficient (Wildman–Crippen LogP) is 3.96. The van der Waals surface area contributed by atoms with Crippen molar-refractivity contribution in [2.45, 2.75) is 6.54 Å². The molecule has 3 heterocycles. The molecule has 2 aromatic heterocycles. The summed E-state index contributed by atoms with van der Waals surface area (Å²) in [6, 6.07) is 16.9. The van der Waals surface area contributed by atoms with Crippen molar-refractivity contribution in [3.63, 3.8) is 0 Å². The fourth-order valence-corrected chi connectivity index (χ4v) is 4.04. The normalized spacial score (nSPS) is 13.1. The Morgan fingerprint density at radius 3 is 2.84 bits per heavy atom. The number of aromatic nitrogens is 1. The van der Waals surface area contributed by atoms with Crippen LogP contribution in [0.3, 0.4) is 0 Å². The Labute approximate surface area is 113 Å². The summed E-state index contributed by atoms with van der Waals surface area (Å²) in [7, 11) is 0. The average molecular weight is 264 g/mol. The van der Waals surface area contributed by atoms with Gasteiger partial charge in [-0.2, -0.15) is 0 Å². The first-order valence-corrected chi connectivity index (χ1v) is 7.15. The third kappa shape index (κ3) is 1.13. The molecule has 5 rings (SSSR count). The Morgan fingerprint density at radius 1 is 1.00 bits per heavy atom. The number of benzene rings is 2. The van der Waals surface area contributed by atoms with Crippen molar-refractivity contribution in [1.29, 1.82) is 0 Å². The van der Waals surface area contributed by atoms with Crippen molar-refractivity contribution < 1.29 is 8.98 Å². The van der Waals surface area contributed by atoms with Crippen LogP contribution >= 0.6 is 11.3 Å². The van der Waals surface area contributed by atoms with E-state index in [0.29, 0.717) is 0 Å². The molecule has 0 unspecified atom stereocenters. The molecule has 0 bridgehead atoms. The lowest BCUT2D eigenvalue weighted by molar-refractivity contribution is -0.647. The molecule has 90 valence electrons. The van der Waals surface area contributed by atoms with Crippen LogP contribution in [0.4, 0.5) is 0 Å². The lowest BCUT2D eigenvalue weighted by Crippen LogP contribution is -2.29. The fourth-order valence-electron chi connectivity index (χ4n) is 2.91. The maximum absolute atomic E-state index is 6.16. The van der Waals surface area contributed by atoms with Gasteiger partial charge in [-0.15, -0.1) is 4.57 Å². The van der Waals surface area contributed by atoms with Crippen LogP contribution in [0.1, 0.15) is 5.56 Å². The van der Waals surface area contributed by atoms with E-state index in [0.717, 1.165) is 18.0 Å². The molecule has 0 aliphatic carbocycles. The minimum absolute atomic E-state index is 0.922. The molecule has 3 heteroatoms. The SMILES string of the molecule is c1ccc2c(c1)C[n+]1c-2oc2c3ccccc3sc21. The van der Waals surface area contributed by atoms with Gasteiger partial charge in [0.2, 0.25) is 5.58 Å². The Bertz CT molecular complexity index is 948. The van der Waals surface area contributed by atoms with Gasteiger partial charge in [-0.25, -0.2) is 0 Å². The molecule has 0 saturated heterocycles. The van der Waals surface area contributed by atoms with E-state index in [1.54, 1.807) is 0 Å². The highest BCUT2D eigenvalue weighted by Gasteiger charge is 2.35. The van der Waals surface area contributed by atoms with E-state index in [4.69, 9.17) is 4.42 Å². The van der Waals surface area contributed by atoms with E-state index < -0.39 is 0 Å². The fraction of sp³-hybridized carbons (Fsp3) is 0.0625. The Kier molecular flexibility index (Phi) is 1.67. The van der Waals surface area contributed by atoms with Crippen molar-refractivity contribution in [3.05, 3.63) is 54.1 Å². The summed E-state index contributed by atoms with van der Waals surface area (Å²) in [5.74, 6) is 1.00. The van der Waals surface area contributed by atoms with Gasteiger partial charge in [0.1, 0.15) is 0 Å². The largest absolute Gasteiger partial charge is 0.396 e. The summed E-state index contributed by atoms with van der Waals surface area (Å²) in [5, 5.41) is 1.22. The average Bonchev–Trinajstić information content (AvgIpc) is 3.07. The monoisotopic (exact) mass is 264 g/mol. The summed E-state index contributed by atoms with van der Waals surface area (Å²) in [6.07, 6.45) is 0. The zero-order valence-electron chi connectivity index (χ0n) is 10.1. The van der Waals surface area contributed by atoms with E-state index in [1.165, 1.54) is 26.0 Å². The molecule has 0 amide bonds. The van der Waals surface area contributed by atoms with Crippen LogP contribution in [-0.2, 0) is 6.54 Å². The highest BCUT2D eigenvalue weighted by Crippen LogP contribution is 2.38. The number of fused-ring (bicyclic) bond motifs is 7. The van der Waals surface area contributed by atoms with Gasteiger partial charge >= 0.3 is 10.7 Å². The van der Waals surface area contributed by atoms with Crippen molar-refractivity contribution in [2.24, 2.45) is 0 Å². The molecule has 2 aromatic carbocycles. The minimum Gasteiger partial charge on any atom is -0.396 e. The van der Waals surface area contributed by atoms with E-state index in [1.807, 2.05) is 11.3 Å². The molecular weight excluding hydrogens is 254 g/mol. The predicted molar refractivity (Wildman–Crippen MR) is 76.3 cm³/mol. The summed E-state index contributed by atoms with van der Waals surface area (Å²) in [4.78, 5) is 1.24. The van der Waals surface area contributed by atoms with Gasteiger partial charge in [0, 0.05) is 15.6 Å². The smallest absolute Gasteiger partial charge is 0.383 e. The summed E-state index contributed by atoms with van der Waals surface area (Å²) >= 11 is 1.81. The zero-order valence-corrected chi connectivity index (χ0v) is 10.9. The lowest BCUT2D eigenvalue weighted by Gasteiger charge is -1.89. The first-order valence-electron chi connectivity index (χ1n) is 6.34. The molecule has 0 spiro atoms. The van der Waals surface area contributed by atoms with Gasteiger partial charge in [0.05, 0.1) is 5.56 Å². The quantitative estimate of drug-likeness (QED) is 0.387. The topological polar surface area (TPSA) is 17.0 Å². The molecule has 2 nitrogen and oxygen atoms in total. The number of oxazole rings is 1. The van der Waals surface area contributed by atoms with Crippen LogP contribution in [0.15, 0.2) is 52.9 Å². The van der Waals surface area contributed by atoms with Gasteiger partial charge in [-0.1, -0.05) is 41.7 Å². The van der Waals surface area contributed by atoms with Crippen LogP contribution in [0.5, 0.6) is 0 Å². The maximum Gasteiger partial charge on any atom is 0.383 e. The van der Waals surface area contributed by atoms with Gasteiger partial charge in [0.25, 0.3) is 0 Å². The Balaban J connectivity index is 1.93. The lowest BCUT2D eigenvalue weighted by atomic mass is 10.1. The first kappa shape index (κ1) is 9.75. The van der Waals surface area contributed by atoms with Gasteiger partial charge in [0.15, 0.2) is 6.54 Å². The standard InChI is InChI=1S/C16H10NOS/c1-2-6-11-10(5-1)9-17-15(11)18-14-12-7-3-4-8-13(12)19-16(14)17/h1-8H,9H2/q+1. The molecule has 19 heavy (non-hydrogen) atoms. The van der Waals surface area contributed by atoms with E-state index in [9.17, 15) is 0 Å². The first-order chi connectivity index (χ1) is 9.42. The number of thiophene rings is 1. The van der Waals surface area contributed by atoms with Crippen molar-refractivity contribution in [2.75, 3.05) is 0 Å². The van der Waals surface area contributed by atoms with Crippen LogP contribution in [-0.4, -0.2) is 0 Å². The summed E-state index contributed by atoms with van der Waals surface area (Å²) in [5.41, 5.74) is 3.61. The third-order valence-corrected chi connectivity index (χ3v) is 4.97. The second-order valence-electron chi connectivity index (χ2n) is 4.88. The molecule has 0 fully saturated rings. The van der Waals surface area contributed by atoms with E-state index in [-0.39, 0.29) is 0 Å². The summed E-state index contributed by atoms with van der Waals surface area (Å²) in [6.45, 7) is 0.922. The second-order valence-corrected chi connectivity index (χ2v) is 5.91. The number of hydrogen-bond acceptors (Lipinski definition) is 2. The maximum atomic E-state index is 6.16. The van der Waals surface area contributed by atoms with Gasteiger partial charge in [-0.05, 0) is 18.2 Å². The van der Waals surface area contributed by atoms with Gasteiger partial charge < -0.3 is 4.42 Å². The molecule has 1 aliphatic heterocycles. The van der Waals surface area contributed by atoms with Crippen LogP contribution in [0, 0.1) is 0 Å². The number of rotatable bonds is 0. The van der Waals surface area contributed by atoms with Crippen molar-refractivity contribution >= 4 is 31.8 Å². The van der Waals surface area contributed by atoms with Crippen LogP contribution < -0.4 is 4.57 Å². The molecule has 0 atom stereocenters. The second kappa shape index (κ2) is 3.25. The minimum atomic E-state index is 0.922. The highest BCUT2D eigenvalue weighted by atomic mass is 32.1. The van der Waals surface area contributed by atoms with Crippen LogP contribution in [0.25, 0.3) is 32.0 Å². The molecule has 0 N–H and O–H groups in total. The van der Waals surface area contributed by atoms with E-state index in [2.05, 4.69) is 53.1 Å². The van der Waals surface area contributed by atoms with Crippen molar-refractivity contribution in [1.82, 2.24) is 0 Å². The highest BCUT2D eigenvalue weighted by molar-refractivity contribution is 7.25. The molecular formula is C16H10NOS+. The molecule has 0 saturated carbocycles. The van der Waals surface area contributed by atoms with E-state index >= 15 is 0 Å². The molecule has 1 aliphatic rings. The number of nitrogens with zero attached hydrogens (tertiary/aromatic N) is 1. The Morgan fingerprint density at radius 2 is 1.84 bits per heavy atom. The Hall–Kier alpha value is -2.13. The summed E-state index contributed by atoms with van der Waals surface area (Å²) < 4.78 is 9.75. The molecule has 4 aromatic rings.